The quantitative estimate of drug-likeness (QED) is 0.262. The van der Waals surface area contributed by atoms with E-state index in [1.807, 2.05) is 24.8 Å². The van der Waals surface area contributed by atoms with Crippen LogP contribution in [0, 0.1) is 42.8 Å². The van der Waals surface area contributed by atoms with E-state index in [2.05, 4.69) is 15.1 Å². The normalized spacial score (nSPS) is 30.8. The first-order valence-electron chi connectivity index (χ1n) is 18.5. The Morgan fingerprint density at radius 3 is 2.75 bits per heavy atom. The molecule has 3 aliphatic heterocycles. The van der Waals surface area contributed by atoms with E-state index in [4.69, 9.17) is 33.9 Å². The van der Waals surface area contributed by atoms with Gasteiger partial charge in [-0.1, -0.05) is 6.42 Å². The topological polar surface area (TPSA) is 131 Å². The third-order valence-electron chi connectivity index (χ3n) is 12.6. The lowest BCUT2D eigenvalue weighted by molar-refractivity contribution is -0.0123. The van der Waals surface area contributed by atoms with E-state index in [0.29, 0.717) is 42.6 Å². The van der Waals surface area contributed by atoms with Crippen LogP contribution < -0.4 is 14.4 Å². The number of anilines is 1. The van der Waals surface area contributed by atoms with Crippen molar-refractivity contribution in [3.8, 4) is 23.1 Å². The van der Waals surface area contributed by atoms with Gasteiger partial charge in [-0.05, 0) is 87.9 Å². The number of aromatic nitrogens is 5. The molecule has 6 heterocycles. The van der Waals surface area contributed by atoms with Crippen LogP contribution in [0.25, 0.3) is 33.1 Å². The number of rotatable bonds is 8. The predicted octanol–water partition coefficient (Wildman–Crippen LogP) is 4.83. The van der Waals surface area contributed by atoms with Gasteiger partial charge in [0.25, 0.3) is 0 Å². The lowest BCUT2D eigenvalue weighted by atomic mass is 9.75. The SMILES string of the molecule is COc1nc(-c2c(C)c(C)cc3[nH]ncc23)c(F)c2nc(OC[C@]34CCC[C@H]3N(CC3[C@H]5COC[C@@H]35)CCC4)nc(N3CCOC[C@@](C)(O)C3)c12. The zero-order chi connectivity index (χ0) is 35.1. The second-order valence-electron chi connectivity index (χ2n) is 16.0. The molecular weight excluding hydrogens is 653 g/mol. The number of fused-ring (bicyclic) bond motifs is 4. The zero-order valence-corrected chi connectivity index (χ0v) is 30.0. The van der Waals surface area contributed by atoms with Crippen LogP contribution in [0.2, 0.25) is 0 Å². The number of likely N-dealkylation sites (tertiary alicyclic amines) is 1. The third kappa shape index (κ3) is 5.62. The van der Waals surface area contributed by atoms with Gasteiger partial charge in [-0.15, -0.1) is 0 Å². The Morgan fingerprint density at radius 2 is 1.92 bits per heavy atom. The minimum atomic E-state index is -1.16. The number of methoxy groups -OCH3 is 1. The number of pyridine rings is 1. The summed E-state index contributed by atoms with van der Waals surface area (Å²) in [5.74, 6) is 2.21. The first kappa shape index (κ1) is 33.2. The summed E-state index contributed by atoms with van der Waals surface area (Å²) in [6.45, 7) is 11.4. The van der Waals surface area contributed by atoms with Crippen molar-refractivity contribution >= 4 is 27.6 Å². The number of hydrogen-bond donors (Lipinski definition) is 2. The minimum Gasteiger partial charge on any atom is -0.480 e. The second kappa shape index (κ2) is 12.5. The number of aromatic amines is 1. The van der Waals surface area contributed by atoms with Gasteiger partial charge in [0.15, 0.2) is 5.82 Å². The molecule has 272 valence electrons. The van der Waals surface area contributed by atoms with Crippen LogP contribution in [0.5, 0.6) is 11.9 Å². The molecule has 9 rings (SSSR count). The fourth-order valence-electron chi connectivity index (χ4n) is 9.87. The van der Waals surface area contributed by atoms with Crippen LogP contribution in [0.4, 0.5) is 10.2 Å². The van der Waals surface area contributed by atoms with Crippen molar-refractivity contribution in [1.29, 1.82) is 0 Å². The summed E-state index contributed by atoms with van der Waals surface area (Å²) in [5.41, 5.74) is 2.30. The number of piperidine rings is 1. The van der Waals surface area contributed by atoms with Gasteiger partial charge in [0, 0.05) is 35.5 Å². The van der Waals surface area contributed by atoms with Crippen molar-refractivity contribution in [2.75, 3.05) is 71.2 Å². The molecule has 0 bridgehead atoms. The summed E-state index contributed by atoms with van der Waals surface area (Å²) in [6.07, 6.45) is 7.33. The van der Waals surface area contributed by atoms with Crippen molar-refractivity contribution in [1.82, 2.24) is 30.0 Å². The zero-order valence-electron chi connectivity index (χ0n) is 30.0. The monoisotopic (exact) mass is 701 g/mol. The van der Waals surface area contributed by atoms with E-state index in [-0.39, 0.29) is 41.7 Å². The molecule has 0 spiro atoms. The van der Waals surface area contributed by atoms with Crippen molar-refractivity contribution in [3.63, 3.8) is 0 Å². The Hall–Kier alpha value is -3.65. The lowest BCUT2D eigenvalue weighted by Crippen LogP contribution is -2.52. The van der Waals surface area contributed by atoms with Crippen LogP contribution in [0.15, 0.2) is 12.3 Å². The van der Waals surface area contributed by atoms with E-state index in [1.54, 1.807) is 13.1 Å². The Bertz CT molecular complexity index is 1980. The van der Waals surface area contributed by atoms with Crippen LogP contribution in [-0.2, 0) is 9.47 Å². The molecule has 3 aromatic heterocycles. The van der Waals surface area contributed by atoms with Gasteiger partial charge in [0.1, 0.15) is 28.0 Å². The lowest BCUT2D eigenvalue weighted by Gasteiger charge is -2.46. The molecule has 4 aromatic rings. The number of nitrogens with one attached hydrogen (secondary N) is 1. The Kier molecular flexibility index (Phi) is 8.13. The average Bonchev–Trinajstić information content (AvgIpc) is 3.55. The molecule has 51 heavy (non-hydrogen) atoms. The molecule has 3 saturated heterocycles. The molecule has 2 N–H and O–H groups in total. The van der Waals surface area contributed by atoms with Crippen molar-refractivity contribution in [2.45, 2.75) is 64.5 Å². The molecule has 2 saturated carbocycles. The number of β-amino-alcohol motifs (C(OH)–C–C–N with tert-alkyl or cyclic N) is 1. The Balaban J connectivity index is 1.13. The van der Waals surface area contributed by atoms with E-state index in [9.17, 15) is 5.11 Å². The molecule has 5 fully saturated rings. The van der Waals surface area contributed by atoms with E-state index in [0.717, 1.165) is 98.2 Å². The average molecular weight is 702 g/mol. The van der Waals surface area contributed by atoms with Crippen molar-refractivity contribution in [2.24, 2.45) is 23.2 Å². The third-order valence-corrected chi connectivity index (χ3v) is 12.6. The maximum atomic E-state index is 17.3. The van der Waals surface area contributed by atoms with Crippen LogP contribution in [-0.4, -0.2) is 113 Å². The van der Waals surface area contributed by atoms with Gasteiger partial charge in [-0.25, -0.2) is 9.37 Å². The first-order chi connectivity index (χ1) is 24.7. The molecule has 1 unspecified atom stereocenters. The highest BCUT2D eigenvalue weighted by Crippen LogP contribution is 2.54. The number of nitrogens with zero attached hydrogens (tertiary/aromatic N) is 6. The Morgan fingerprint density at radius 1 is 1.10 bits per heavy atom. The number of benzene rings is 1. The summed E-state index contributed by atoms with van der Waals surface area (Å²) in [5, 5.41) is 19.5. The highest BCUT2D eigenvalue weighted by molar-refractivity contribution is 6.01. The van der Waals surface area contributed by atoms with Gasteiger partial charge in [0.05, 0.1) is 58.4 Å². The van der Waals surface area contributed by atoms with Crippen molar-refractivity contribution in [3.05, 3.63) is 29.2 Å². The number of ether oxygens (including phenoxy) is 4. The molecule has 0 radical (unpaired) electrons. The second-order valence-corrected chi connectivity index (χ2v) is 16.0. The highest BCUT2D eigenvalue weighted by Gasteiger charge is 2.56. The number of halogens is 1. The molecule has 6 atom stereocenters. The molecule has 1 aromatic carbocycles. The summed E-state index contributed by atoms with van der Waals surface area (Å²) in [4.78, 5) is 19.2. The van der Waals surface area contributed by atoms with Gasteiger partial charge < -0.3 is 29.0 Å². The summed E-state index contributed by atoms with van der Waals surface area (Å²) in [7, 11) is 1.52. The number of H-pyrrole nitrogens is 1. The van der Waals surface area contributed by atoms with Gasteiger partial charge >= 0.3 is 6.01 Å². The van der Waals surface area contributed by atoms with E-state index >= 15 is 4.39 Å². The molecule has 12 nitrogen and oxygen atoms in total. The van der Waals surface area contributed by atoms with Gasteiger partial charge in [0.2, 0.25) is 5.88 Å². The molecule has 13 heteroatoms. The summed E-state index contributed by atoms with van der Waals surface area (Å²) >= 11 is 0. The van der Waals surface area contributed by atoms with E-state index in [1.165, 1.54) is 7.11 Å². The van der Waals surface area contributed by atoms with Crippen LogP contribution in [0.1, 0.15) is 50.2 Å². The summed E-state index contributed by atoms with van der Waals surface area (Å²) < 4.78 is 41.2. The minimum absolute atomic E-state index is 0.0114. The number of hydrogen-bond acceptors (Lipinski definition) is 11. The maximum absolute atomic E-state index is 17.3. The smallest absolute Gasteiger partial charge is 0.319 e. The largest absolute Gasteiger partial charge is 0.480 e. The van der Waals surface area contributed by atoms with E-state index < -0.39 is 11.4 Å². The first-order valence-corrected chi connectivity index (χ1v) is 18.5. The summed E-state index contributed by atoms with van der Waals surface area (Å²) in [6, 6.07) is 2.56. The molecule has 2 aliphatic carbocycles. The number of aliphatic hydroxyl groups is 1. The number of aryl methyl sites for hydroxylation is 1. The predicted molar refractivity (Wildman–Crippen MR) is 190 cm³/mol. The van der Waals surface area contributed by atoms with Gasteiger partial charge in [-0.2, -0.15) is 15.1 Å². The van der Waals surface area contributed by atoms with Crippen molar-refractivity contribution < 1.29 is 28.4 Å². The van der Waals surface area contributed by atoms with Crippen LogP contribution >= 0.6 is 0 Å². The fraction of sp³-hybridized carbons (Fsp3) is 0.632. The van der Waals surface area contributed by atoms with Gasteiger partial charge in [-0.3, -0.25) is 10.00 Å². The molecule has 0 amide bonds. The molecular formula is C38H48FN7O5. The maximum Gasteiger partial charge on any atom is 0.319 e. The Labute approximate surface area is 297 Å². The van der Waals surface area contributed by atoms with Crippen LogP contribution in [0.3, 0.4) is 0 Å². The molecule has 5 aliphatic rings. The fourth-order valence-corrected chi connectivity index (χ4v) is 9.87. The highest BCUT2D eigenvalue weighted by atomic mass is 19.1. The standard InChI is InChI=1S/C38H48FN7O5/c1-21-13-27-23(14-40-44-27)29(22(21)2)32-31(39)33-30(35(41-32)48-4)34(46-11-12-49-19-37(3,47)18-46)43-36(42-33)51-20-38-8-5-7-28(38)45(10-6-9-38)15-24-25-16-50-17-26(24)25/h13-14,24-26,28,47H,5-12,15-20H2,1-4H3,(H,40,44)/t24?,25-,26+,28-,37+,38-/m1/s1.